The lowest BCUT2D eigenvalue weighted by atomic mass is 9.99. The number of sulfonamides is 1. The predicted octanol–water partition coefficient (Wildman–Crippen LogP) is 3.78. The normalized spacial score (nSPS) is 12.5. The van der Waals surface area contributed by atoms with Gasteiger partial charge in [-0.1, -0.05) is 42.5 Å². The van der Waals surface area contributed by atoms with Gasteiger partial charge in [-0.25, -0.2) is 13.1 Å². The third-order valence-electron chi connectivity index (χ3n) is 4.76. The van der Waals surface area contributed by atoms with E-state index in [4.69, 9.17) is 4.74 Å². The van der Waals surface area contributed by atoms with Gasteiger partial charge in [0.2, 0.25) is 15.9 Å². The molecule has 7 heteroatoms. The number of nitrogens with one attached hydrogen (secondary N) is 2. The zero-order chi connectivity index (χ0) is 21.6. The van der Waals surface area contributed by atoms with Gasteiger partial charge in [-0.3, -0.25) is 4.79 Å². The van der Waals surface area contributed by atoms with E-state index >= 15 is 0 Å². The Labute approximate surface area is 177 Å². The molecule has 1 amide bonds. The first kappa shape index (κ1) is 21.8. The lowest BCUT2D eigenvalue weighted by Crippen LogP contribution is -2.32. The predicted molar refractivity (Wildman–Crippen MR) is 118 cm³/mol. The molecule has 3 aromatic carbocycles. The summed E-state index contributed by atoms with van der Waals surface area (Å²) in [6, 6.07) is 20.0. The molecule has 0 aliphatic rings. The summed E-state index contributed by atoms with van der Waals surface area (Å²) in [5.41, 5.74) is 1.02. The second-order valence-electron chi connectivity index (χ2n) is 6.91. The lowest BCUT2D eigenvalue weighted by Gasteiger charge is -2.17. The fourth-order valence-electron chi connectivity index (χ4n) is 3.28. The van der Waals surface area contributed by atoms with E-state index in [0.29, 0.717) is 12.4 Å². The van der Waals surface area contributed by atoms with E-state index in [9.17, 15) is 13.2 Å². The number of carbonyl (C=O) groups is 1. The summed E-state index contributed by atoms with van der Waals surface area (Å²) >= 11 is 0. The molecule has 0 aliphatic heterocycles. The summed E-state index contributed by atoms with van der Waals surface area (Å²) in [6.07, 6.45) is 0.0470. The number of ether oxygens (including phenoxy) is 1. The van der Waals surface area contributed by atoms with Gasteiger partial charge < -0.3 is 10.1 Å². The van der Waals surface area contributed by atoms with Gasteiger partial charge >= 0.3 is 0 Å². The molecule has 0 unspecified atom stereocenters. The Kier molecular flexibility index (Phi) is 7.07. The van der Waals surface area contributed by atoms with Crippen LogP contribution in [-0.4, -0.2) is 27.5 Å². The first-order valence-electron chi connectivity index (χ1n) is 9.90. The Morgan fingerprint density at radius 2 is 1.70 bits per heavy atom. The van der Waals surface area contributed by atoms with Crippen LogP contribution in [-0.2, 0) is 14.8 Å². The maximum absolute atomic E-state index is 12.4. The van der Waals surface area contributed by atoms with E-state index in [1.165, 1.54) is 12.1 Å². The monoisotopic (exact) mass is 426 g/mol. The molecular formula is C23H26N2O4S. The van der Waals surface area contributed by atoms with Crippen LogP contribution in [0.25, 0.3) is 10.8 Å². The molecule has 0 aromatic heterocycles. The van der Waals surface area contributed by atoms with Crippen LogP contribution in [0.1, 0.15) is 31.9 Å². The van der Waals surface area contributed by atoms with Crippen LogP contribution in [0.5, 0.6) is 5.75 Å². The van der Waals surface area contributed by atoms with Crippen LogP contribution in [0.3, 0.4) is 0 Å². The zero-order valence-corrected chi connectivity index (χ0v) is 17.9. The highest BCUT2D eigenvalue weighted by molar-refractivity contribution is 7.89. The van der Waals surface area contributed by atoms with Gasteiger partial charge in [0.25, 0.3) is 0 Å². The molecule has 3 rings (SSSR count). The Balaban J connectivity index is 1.55. The number of carbonyl (C=O) groups excluding carboxylic acids is 1. The largest absolute Gasteiger partial charge is 0.494 e. The van der Waals surface area contributed by atoms with Crippen LogP contribution in [0, 0.1) is 0 Å². The maximum Gasteiger partial charge on any atom is 0.240 e. The Bertz CT molecular complexity index is 1110. The van der Waals surface area contributed by atoms with Crippen LogP contribution >= 0.6 is 0 Å². The summed E-state index contributed by atoms with van der Waals surface area (Å²) in [5.74, 6) is 0.392. The topological polar surface area (TPSA) is 84.5 Å². The van der Waals surface area contributed by atoms with Crippen molar-refractivity contribution < 1.29 is 17.9 Å². The molecule has 0 saturated carbocycles. The van der Waals surface area contributed by atoms with E-state index in [2.05, 4.69) is 10.0 Å². The molecule has 0 fully saturated rings. The van der Waals surface area contributed by atoms with E-state index in [-0.39, 0.29) is 29.8 Å². The van der Waals surface area contributed by atoms with Crippen LogP contribution < -0.4 is 14.8 Å². The van der Waals surface area contributed by atoms with E-state index < -0.39 is 10.0 Å². The molecule has 3 aromatic rings. The van der Waals surface area contributed by atoms with Crippen LogP contribution in [0.15, 0.2) is 71.6 Å². The molecular weight excluding hydrogens is 400 g/mol. The molecule has 0 bridgehead atoms. The van der Waals surface area contributed by atoms with Gasteiger partial charge in [-0.2, -0.15) is 0 Å². The number of hydrogen-bond acceptors (Lipinski definition) is 4. The molecule has 30 heavy (non-hydrogen) atoms. The average Bonchev–Trinajstić information content (AvgIpc) is 2.73. The van der Waals surface area contributed by atoms with E-state index in [1.54, 1.807) is 12.1 Å². The highest BCUT2D eigenvalue weighted by Crippen LogP contribution is 2.24. The SMILES string of the molecule is CCOc1ccc(S(=O)(=O)NCCC(=O)N[C@@H](C)c2cccc3ccccc23)cc1. The van der Waals surface area contributed by atoms with Gasteiger partial charge in [0.1, 0.15) is 5.75 Å². The van der Waals surface area contributed by atoms with Crippen molar-refractivity contribution >= 4 is 26.7 Å². The minimum Gasteiger partial charge on any atom is -0.494 e. The Morgan fingerprint density at radius 3 is 2.43 bits per heavy atom. The summed E-state index contributed by atoms with van der Waals surface area (Å²) in [7, 11) is -3.68. The number of hydrogen-bond donors (Lipinski definition) is 2. The highest BCUT2D eigenvalue weighted by atomic mass is 32.2. The first-order chi connectivity index (χ1) is 14.4. The van der Waals surface area contributed by atoms with Crippen molar-refractivity contribution in [3.05, 3.63) is 72.3 Å². The fourth-order valence-corrected chi connectivity index (χ4v) is 4.32. The number of fused-ring (bicyclic) bond motifs is 1. The molecule has 2 N–H and O–H groups in total. The smallest absolute Gasteiger partial charge is 0.240 e. The summed E-state index contributed by atoms with van der Waals surface area (Å²) in [5, 5.41) is 5.14. The van der Waals surface area contributed by atoms with Crippen molar-refractivity contribution in [2.75, 3.05) is 13.2 Å². The van der Waals surface area contributed by atoms with Crippen molar-refractivity contribution in [1.82, 2.24) is 10.0 Å². The molecule has 0 aliphatic carbocycles. The Hall–Kier alpha value is -2.90. The molecule has 158 valence electrons. The number of benzene rings is 3. The molecule has 0 radical (unpaired) electrons. The van der Waals surface area contributed by atoms with Crippen molar-refractivity contribution in [3.8, 4) is 5.75 Å². The number of rotatable bonds is 9. The average molecular weight is 427 g/mol. The van der Waals surface area contributed by atoms with Crippen molar-refractivity contribution in [2.24, 2.45) is 0 Å². The molecule has 1 atom stereocenters. The summed E-state index contributed by atoms with van der Waals surface area (Å²) in [6.45, 7) is 4.31. The van der Waals surface area contributed by atoms with E-state index in [1.807, 2.05) is 56.3 Å². The minimum absolute atomic E-state index is 0.0175. The number of amides is 1. The van der Waals surface area contributed by atoms with Gasteiger partial charge in [-0.15, -0.1) is 0 Å². The fraction of sp³-hybridized carbons (Fsp3) is 0.261. The standard InChI is InChI=1S/C23H26N2O4S/c1-3-29-19-11-13-20(14-12-19)30(27,28)24-16-15-23(26)25-17(2)21-10-6-8-18-7-4-5-9-22(18)21/h4-14,17,24H,3,15-16H2,1-2H3,(H,25,26)/t17-/m0/s1. The van der Waals surface area contributed by atoms with Crippen molar-refractivity contribution in [2.45, 2.75) is 31.2 Å². The summed E-state index contributed by atoms with van der Waals surface area (Å²) in [4.78, 5) is 12.5. The third-order valence-corrected chi connectivity index (χ3v) is 6.23. The second-order valence-corrected chi connectivity index (χ2v) is 8.68. The van der Waals surface area contributed by atoms with Crippen molar-refractivity contribution in [1.29, 1.82) is 0 Å². The molecule has 0 spiro atoms. The minimum atomic E-state index is -3.68. The summed E-state index contributed by atoms with van der Waals surface area (Å²) < 4.78 is 32.6. The quantitative estimate of drug-likeness (QED) is 0.545. The second kappa shape index (κ2) is 9.73. The van der Waals surface area contributed by atoms with Gasteiger partial charge in [0, 0.05) is 13.0 Å². The van der Waals surface area contributed by atoms with Gasteiger partial charge in [0.05, 0.1) is 17.5 Å². The molecule has 6 nitrogen and oxygen atoms in total. The first-order valence-corrected chi connectivity index (χ1v) is 11.4. The van der Waals surface area contributed by atoms with Crippen molar-refractivity contribution in [3.63, 3.8) is 0 Å². The van der Waals surface area contributed by atoms with E-state index in [0.717, 1.165) is 16.3 Å². The third kappa shape index (κ3) is 5.37. The zero-order valence-electron chi connectivity index (χ0n) is 17.1. The van der Waals surface area contributed by atoms with Crippen LogP contribution in [0.2, 0.25) is 0 Å². The highest BCUT2D eigenvalue weighted by Gasteiger charge is 2.16. The Morgan fingerprint density at radius 1 is 1.00 bits per heavy atom. The maximum atomic E-state index is 12.4. The molecule has 0 saturated heterocycles. The molecule has 0 heterocycles. The lowest BCUT2D eigenvalue weighted by molar-refractivity contribution is -0.121. The van der Waals surface area contributed by atoms with Crippen LogP contribution in [0.4, 0.5) is 0 Å². The van der Waals surface area contributed by atoms with Gasteiger partial charge in [-0.05, 0) is 54.4 Å². The van der Waals surface area contributed by atoms with Gasteiger partial charge in [0.15, 0.2) is 0 Å².